The number of carbonyl (C=O) groups is 2. The molecule has 1 aliphatic heterocycles. The van der Waals surface area contributed by atoms with Crippen LogP contribution in [0.1, 0.15) is 64.8 Å². The van der Waals surface area contributed by atoms with Gasteiger partial charge in [-0.3, -0.25) is 14.4 Å². The number of piperidine rings is 1. The lowest BCUT2D eigenvalue weighted by atomic mass is 9.92. The van der Waals surface area contributed by atoms with Gasteiger partial charge in [-0.2, -0.15) is 0 Å². The maximum Gasteiger partial charge on any atom is 0.263 e. The van der Waals surface area contributed by atoms with E-state index in [1.807, 2.05) is 0 Å². The van der Waals surface area contributed by atoms with Crippen molar-refractivity contribution in [3.05, 3.63) is 69.4 Å². The van der Waals surface area contributed by atoms with E-state index in [9.17, 15) is 18.8 Å². The van der Waals surface area contributed by atoms with Crippen LogP contribution in [0.15, 0.2) is 41.3 Å². The number of amides is 1. The van der Waals surface area contributed by atoms with Gasteiger partial charge in [-0.05, 0) is 62.0 Å². The number of benzene rings is 1. The topological polar surface area (TPSA) is 80.2 Å². The van der Waals surface area contributed by atoms with Gasteiger partial charge in [0.1, 0.15) is 11.4 Å². The first-order valence-corrected chi connectivity index (χ1v) is 10.9. The molecule has 0 saturated carbocycles. The fraction of sp³-hybridized carbons (Fsp3) is 0.458. The van der Waals surface area contributed by atoms with Crippen LogP contribution in [-0.2, 0) is 6.54 Å². The molecule has 31 heavy (non-hydrogen) atoms. The molecule has 0 radical (unpaired) electrons. The van der Waals surface area contributed by atoms with E-state index in [0.29, 0.717) is 17.5 Å². The number of Topliss-reactive ketones (excluding diaryl/α,β-unsaturated/α-hetero) is 1. The van der Waals surface area contributed by atoms with Crippen molar-refractivity contribution in [1.29, 1.82) is 0 Å². The van der Waals surface area contributed by atoms with Crippen LogP contribution in [0.4, 0.5) is 4.39 Å². The fourth-order valence-electron chi connectivity index (χ4n) is 4.07. The molecule has 1 aliphatic rings. The minimum absolute atomic E-state index is 0.0808. The van der Waals surface area contributed by atoms with E-state index in [1.165, 1.54) is 48.9 Å². The van der Waals surface area contributed by atoms with E-state index >= 15 is 0 Å². The summed E-state index contributed by atoms with van der Waals surface area (Å²) in [5.74, 6) is -0.315. The minimum atomic E-state index is -0.543. The SMILES string of the molecule is CNC(=O)c1cc(C(=O)CCCCC2CCNCC2)cn(Cc2cccc(F)c2)c1=O. The third kappa shape index (κ3) is 6.34. The Morgan fingerprint density at radius 1 is 1.19 bits per heavy atom. The van der Waals surface area contributed by atoms with Gasteiger partial charge in [0.15, 0.2) is 5.78 Å². The highest BCUT2D eigenvalue weighted by Gasteiger charge is 2.18. The Kier molecular flexibility index (Phi) is 8.12. The second kappa shape index (κ2) is 11.0. The third-order valence-corrected chi connectivity index (χ3v) is 5.85. The van der Waals surface area contributed by atoms with Gasteiger partial charge in [0.2, 0.25) is 0 Å². The number of nitrogens with one attached hydrogen (secondary N) is 2. The van der Waals surface area contributed by atoms with Crippen molar-refractivity contribution < 1.29 is 14.0 Å². The molecule has 0 bridgehead atoms. The summed E-state index contributed by atoms with van der Waals surface area (Å²) in [6, 6.07) is 7.29. The summed E-state index contributed by atoms with van der Waals surface area (Å²) in [6.07, 6.45) is 7.12. The number of ketones is 1. The predicted octanol–water partition coefficient (Wildman–Crippen LogP) is 3.14. The maximum atomic E-state index is 13.5. The van der Waals surface area contributed by atoms with Gasteiger partial charge in [0, 0.05) is 25.2 Å². The smallest absolute Gasteiger partial charge is 0.263 e. The van der Waals surface area contributed by atoms with Crippen LogP contribution < -0.4 is 16.2 Å². The van der Waals surface area contributed by atoms with Gasteiger partial charge in [0.05, 0.1) is 6.54 Å². The van der Waals surface area contributed by atoms with Crippen LogP contribution in [0, 0.1) is 11.7 Å². The number of unbranched alkanes of at least 4 members (excludes halogenated alkanes) is 1. The Morgan fingerprint density at radius 2 is 1.97 bits per heavy atom. The average molecular weight is 428 g/mol. The lowest BCUT2D eigenvalue weighted by molar-refractivity contribution is 0.0961. The highest BCUT2D eigenvalue weighted by atomic mass is 19.1. The summed E-state index contributed by atoms with van der Waals surface area (Å²) in [4.78, 5) is 37.8. The summed E-state index contributed by atoms with van der Waals surface area (Å²) in [7, 11) is 1.44. The van der Waals surface area contributed by atoms with E-state index in [-0.39, 0.29) is 17.9 Å². The molecular weight excluding hydrogens is 397 g/mol. The van der Waals surface area contributed by atoms with Crippen LogP contribution in [0.25, 0.3) is 0 Å². The van der Waals surface area contributed by atoms with E-state index in [1.54, 1.807) is 12.1 Å². The standard InChI is InChI=1S/C24H30FN3O3/c1-26-23(30)21-14-19(22(29)8-3-2-5-17-9-11-27-12-10-17)16-28(24(21)31)15-18-6-4-7-20(25)13-18/h4,6-7,13-14,16-17,27H,2-3,5,8-12,15H2,1H3,(H,26,30). The summed E-state index contributed by atoms with van der Waals surface area (Å²) in [5, 5.41) is 5.81. The van der Waals surface area contributed by atoms with Crippen molar-refractivity contribution in [2.24, 2.45) is 5.92 Å². The number of aromatic nitrogens is 1. The number of rotatable bonds is 9. The second-order valence-corrected chi connectivity index (χ2v) is 8.15. The number of nitrogens with zero attached hydrogens (tertiary/aromatic N) is 1. The van der Waals surface area contributed by atoms with Crippen LogP contribution in [0.3, 0.4) is 0 Å². The zero-order valence-electron chi connectivity index (χ0n) is 18.0. The first-order valence-electron chi connectivity index (χ1n) is 10.9. The molecule has 7 heteroatoms. The number of pyridine rings is 1. The van der Waals surface area contributed by atoms with Crippen molar-refractivity contribution in [2.45, 2.75) is 45.1 Å². The van der Waals surface area contributed by atoms with E-state index < -0.39 is 17.3 Å². The number of halogens is 1. The Hall–Kier alpha value is -2.80. The lowest BCUT2D eigenvalue weighted by Gasteiger charge is -2.22. The minimum Gasteiger partial charge on any atom is -0.355 e. The van der Waals surface area contributed by atoms with Gasteiger partial charge in [-0.1, -0.05) is 25.0 Å². The largest absolute Gasteiger partial charge is 0.355 e. The predicted molar refractivity (Wildman–Crippen MR) is 118 cm³/mol. The monoisotopic (exact) mass is 427 g/mol. The Labute approximate surface area is 181 Å². The van der Waals surface area contributed by atoms with Gasteiger partial charge in [0.25, 0.3) is 11.5 Å². The van der Waals surface area contributed by atoms with Gasteiger partial charge < -0.3 is 15.2 Å². The zero-order chi connectivity index (χ0) is 22.2. The normalized spacial score (nSPS) is 14.4. The summed E-state index contributed by atoms with van der Waals surface area (Å²) >= 11 is 0. The molecule has 166 valence electrons. The fourth-order valence-corrected chi connectivity index (χ4v) is 4.07. The maximum absolute atomic E-state index is 13.5. The molecule has 1 amide bonds. The Balaban J connectivity index is 1.72. The number of hydrogen-bond donors (Lipinski definition) is 2. The van der Waals surface area contributed by atoms with Crippen molar-refractivity contribution in [2.75, 3.05) is 20.1 Å². The molecule has 3 rings (SSSR count). The van der Waals surface area contributed by atoms with Crippen molar-refractivity contribution in [3.8, 4) is 0 Å². The lowest BCUT2D eigenvalue weighted by Crippen LogP contribution is -2.32. The van der Waals surface area contributed by atoms with Crippen molar-refractivity contribution in [3.63, 3.8) is 0 Å². The number of carbonyl (C=O) groups excluding carboxylic acids is 2. The molecule has 1 aromatic heterocycles. The van der Waals surface area contributed by atoms with Crippen LogP contribution in [-0.4, -0.2) is 36.4 Å². The molecule has 1 aromatic carbocycles. The van der Waals surface area contributed by atoms with E-state index in [4.69, 9.17) is 0 Å². The molecule has 6 nitrogen and oxygen atoms in total. The van der Waals surface area contributed by atoms with Crippen LogP contribution in [0.2, 0.25) is 0 Å². The highest BCUT2D eigenvalue weighted by molar-refractivity contribution is 6.00. The first kappa shape index (κ1) is 22.9. The number of hydrogen-bond acceptors (Lipinski definition) is 4. The van der Waals surface area contributed by atoms with E-state index in [2.05, 4.69) is 10.6 Å². The van der Waals surface area contributed by atoms with Gasteiger partial charge in [-0.25, -0.2) is 4.39 Å². The Morgan fingerprint density at radius 3 is 2.68 bits per heavy atom. The molecular formula is C24H30FN3O3. The summed E-state index contributed by atoms with van der Waals surface area (Å²) < 4.78 is 14.8. The molecule has 2 heterocycles. The third-order valence-electron chi connectivity index (χ3n) is 5.85. The molecule has 2 aromatic rings. The molecule has 0 spiro atoms. The molecule has 0 aliphatic carbocycles. The first-order chi connectivity index (χ1) is 15.0. The van der Waals surface area contributed by atoms with E-state index in [0.717, 1.165) is 38.3 Å². The van der Waals surface area contributed by atoms with Crippen LogP contribution >= 0.6 is 0 Å². The van der Waals surface area contributed by atoms with Crippen LogP contribution in [0.5, 0.6) is 0 Å². The molecule has 0 unspecified atom stereocenters. The van der Waals surface area contributed by atoms with Gasteiger partial charge >= 0.3 is 0 Å². The Bertz CT molecular complexity index is 980. The molecule has 2 N–H and O–H groups in total. The highest BCUT2D eigenvalue weighted by Crippen LogP contribution is 2.20. The zero-order valence-corrected chi connectivity index (χ0v) is 18.0. The quantitative estimate of drug-likeness (QED) is 0.476. The second-order valence-electron chi connectivity index (χ2n) is 8.15. The summed E-state index contributed by atoms with van der Waals surface area (Å²) in [5.41, 5.74) is 0.318. The van der Waals surface area contributed by atoms with Gasteiger partial charge in [-0.15, -0.1) is 0 Å². The molecule has 1 fully saturated rings. The van der Waals surface area contributed by atoms with Crippen molar-refractivity contribution in [1.82, 2.24) is 15.2 Å². The summed E-state index contributed by atoms with van der Waals surface area (Å²) in [6.45, 7) is 2.22. The molecule has 1 saturated heterocycles. The van der Waals surface area contributed by atoms with Crippen molar-refractivity contribution >= 4 is 11.7 Å². The molecule has 0 atom stereocenters. The average Bonchev–Trinajstić information content (AvgIpc) is 2.78.